The highest BCUT2D eigenvalue weighted by atomic mass is 19.1. The van der Waals surface area contributed by atoms with Crippen LogP contribution in [0.2, 0.25) is 0 Å². The van der Waals surface area contributed by atoms with Gasteiger partial charge in [-0.3, -0.25) is 14.2 Å². The average molecular weight is 329 g/mol. The number of hydrogen-bond donors (Lipinski definition) is 1. The first-order chi connectivity index (χ1) is 11.6. The van der Waals surface area contributed by atoms with E-state index in [9.17, 15) is 14.0 Å². The van der Waals surface area contributed by atoms with Crippen molar-refractivity contribution >= 4 is 5.91 Å². The summed E-state index contributed by atoms with van der Waals surface area (Å²) in [4.78, 5) is 28.4. The molecule has 5 nitrogen and oxygen atoms in total. The minimum atomic E-state index is -0.560. The van der Waals surface area contributed by atoms with Crippen molar-refractivity contribution in [2.24, 2.45) is 0 Å². The van der Waals surface area contributed by atoms with E-state index >= 15 is 0 Å². The second-order valence-electron chi connectivity index (χ2n) is 6.06. The van der Waals surface area contributed by atoms with Gasteiger partial charge < -0.3 is 5.32 Å². The van der Waals surface area contributed by atoms with Gasteiger partial charge in [-0.15, -0.1) is 0 Å². The minimum absolute atomic E-state index is 0.000414. The first-order valence-corrected chi connectivity index (χ1v) is 8.24. The maximum atomic E-state index is 13.5. The fourth-order valence-corrected chi connectivity index (χ4v) is 3.08. The highest BCUT2D eigenvalue weighted by Gasteiger charge is 2.19. The zero-order valence-corrected chi connectivity index (χ0v) is 13.4. The van der Waals surface area contributed by atoms with Crippen molar-refractivity contribution in [1.82, 2.24) is 14.9 Å². The molecule has 0 atom stereocenters. The van der Waals surface area contributed by atoms with Gasteiger partial charge in [-0.1, -0.05) is 25.0 Å². The predicted octanol–water partition coefficient (Wildman–Crippen LogP) is 2.47. The van der Waals surface area contributed by atoms with E-state index in [4.69, 9.17) is 0 Å². The lowest BCUT2D eigenvalue weighted by Gasteiger charge is -2.11. The Hall–Kier alpha value is -2.50. The van der Waals surface area contributed by atoms with Crippen molar-refractivity contribution in [2.75, 3.05) is 6.54 Å². The molecule has 1 aliphatic rings. The zero-order chi connectivity index (χ0) is 16.9. The van der Waals surface area contributed by atoms with E-state index in [0.29, 0.717) is 12.5 Å². The van der Waals surface area contributed by atoms with Crippen LogP contribution in [0.25, 0.3) is 0 Å². The third-order valence-electron chi connectivity index (χ3n) is 4.43. The lowest BCUT2D eigenvalue weighted by Crippen LogP contribution is -2.31. The van der Waals surface area contributed by atoms with Crippen LogP contribution in [0, 0.1) is 5.82 Å². The molecule has 126 valence electrons. The monoisotopic (exact) mass is 329 g/mol. The normalized spacial score (nSPS) is 14.7. The highest BCUT2D eigenvalue weighted by molar-refractivity contribution is 5.94. The van der Waals surface area contributed by atoms with E-state index in [1.54, 1.807) is 12.1 Å². The summed E-state index contributed by atoms with van der Waals surface area (Å²) in [6.45, 7) is 0.536. The maximum Gasteiger partial charge on any atom is 0.254 e. The largest absolute Gasteiger partial charge is 0.350 e. The third kappa shape index (κ3) is 3.69. The summed E-state index contributed by atoms with van der Waals surface area (Å²) >= 11 is 0. The molecule has 1 aliphatic carbocycles. The van der Waals surface area contributed by atoms with Crippen LogP contribution in [0.3, 0.4) is 0 Å². The van der Waals surface area contributed by atoms with E-state index < -0.39 is 11.7 Å². The van der Waals surface area contributed by atoms with Crippen molar-refractivity contribution in [2.45, 2.75) is 38.1 Å². The number of benzene rings is 1. The van der Waals surface area contributed by atoms with Gasteiger partial charge in [0.05, 0.1) is 17.6 Å². The van der Waals surface area contributed by atoms with Crippen LogP contribution < -0.4 is 10.9 Å². The van der Waals surface area contributed by atoms with Crippen LogP contribution >= 0.6 is 0 Å². The topological polar surface area (TPSA) is 64.0 Å². The third-order valence-corrected chi connectivity index (χ3v) is 4.43. The first-order valence-electron chi connectivity index (χ1n) is 8.24. The minimum Gasteiger partial charge on any atom is -0.350 e. The number of carbonyl (C=O) groups is 1. The van der Waals surface area contributed by atoms with Gasteiger partial charge in [-0.25, -0.2) is 9.37 Å². The molecule has 1 heterocycles. The number of aromatic nitrogens is 2. The van der Waals surface area contributed by atoms with E-state index in [-0.39, 0.29) is 17.7 Å². The molecule has 0 bridgehead atoms. The first kappa shape index (κ1) is 16.4. The van der Waals surface area contributed by atoms with E-state index in [1.807, 2.05) is 0 Å². The van der Waals surface area contributed by atoms with Gasteiger partial charge in [0.15, 0.2) is 0 Å². The fourth-order valence-electron chi connectivity index (χ4n) is 3.08. The van der Waals surface area contributed by atoms with Crippen LogP contribution in [0.4, 0.5) is 4.39 Å². The Morgan fingerprint density at radius 1 is 1.29 bits per heavy atom. The molecule has 0 radical (unpaired) electrons. The Kier molecular flexibility index (Phi) is 5.03. The SMILES string of the molecule is O=C(NCCn1cnc(C2CCCC2)cc1=O)c1ccccc1F. The van der Waals surface area contributed by atoms with E-state index in [2.05, 4.69) is 10.3 Å². The molecule has 0 saturated heterocycles. The van der Waals surface area contributed by atoms with Crippen molar-refractivity contribution in [1.29, 1.82) is 0 Å². The molecule has 1 aromatic heterocycles. The molecule has 6 heteroatoms. The van der Waals surface area contributed by atoms with Crippen LogP contribution in [0.15, 0.2) is 41.5 Å². The fraction of sp³-hybridized carbons (Fsp3) is 0.389. The van der Waals surface area contributed by atoms with Crippen LogP contribution in [-0.4, -0.2) is 22.0 Å². The molecule has 1 fully saturated rings. The zero-order valence-electron chi connectivity index (χ0n) is 13.4. The lowest BCUT2D eigenvalue weighted by molar-refractivity contribution is 0.0948. The maximum absolute atomic E-state index is 13.5. The molecule has 0 spiro atoms. The number of hydrogen-bond acceptors (Lipinski definition) is 3. The molecule has 2 aromatic rings. The summed E-state index contributed by atoms with van der Waals surface area (Å²) in [5.41, 5.74) is 0.746. The molecular formula is C18H20FN3O2. The van der Waals surface area contributed by atoms with Gasteiger partial charge in [-0.2, -0.15) is 0 Å². The van der Waals surface area contributed by atoms with E-state index in [0.717, 1.165) is 18.5 Å². The Morgan fingerprint density at radius 3 is 2.75 bits per heavy atom. The molecule has 1 aromatic carbocycles. The van der Waals surface area contributed by atoms with Gasteiger partial charge in [0.25, 0.3) is 11.5 Å². The van der Waals surface area contributed by atoms with Crippen LogP contribution in [0.1, 0.15) is 47.7 Å². The van der Waals surface area contributed by atoms with Gasteiger partial charge in [0.2, 0.25) is 0 Å². The van der Waals surface area contributed by atoms with Gasteiger partial charge in [0.1, 0.15) is 5.82 Å². The van der Waals surface area contributed by atoms with Crippen molar-refractivity contribution in [3.8, 4) is 0 Å². The Balaban J connectivity index is 1.58. The molecule has 1 saturated carbocycles. The highest BCUT2D eigenvalue weighted by Crippen LogP contribution is 2.32. The number of rotatable bonds is 5. The molecule has 0 unspecified atom stereocenters. The summed E-state index contributed by atoms with van der Waals surface area (Å²) in [5, 5.41) is 2.62. The number of amides is 1. The summed E-state index contributed by atoms with van der Waals surface area (Å²) in [6, 6.07) is 7.39. The molecule has 0 aliphatic heterocycles. The predicted molar refractivity (Wildman–Crippen MR) is 88.4 cm³/mol. The van der Waals surface area contributed by atoms with Crippen LogP contribution in [0.5, 0.6) is 0 Å². The van der Waals surface area contributed by atoms with Crippen LogP contribution in [-0.2, 0) is 6.54 Å². The number of nitrogens with one attached hydrogen (secondary N) is 1. The molecule has 3 rings (SSSR count). The summed E-state index contributed by atoms with van der Waals surface area (Å²) in [6.07, 6.45) is 6.10. The standard InChI is InChI=1S/C18H20FN3O2/c19-15-8-4-3-7-14(15)18(24)20-9-10-22-12-21-16(11-17(22)23)13-5-1-2-6-13/h3-4,7-8,11-13H,1-2,5-6,9-10H2,(H,20,24). The number of halogens is 1. The second-order valence-corrected chi connectivity index (χ2v) is 6.06. The van der Waals surface area contributed by atoms with Crippen molar-refractivity contribution < 1.29 is 9.18 Å². The summed E-state index contributed by atoms with van der Waals surface area (Å²) in [7, 11) is 0. The van der Waals surface area contributed by atoms with E-state index in [1.165, 1.54) is 41.9 Å². The lowest BCUT2D eigenvalue weighted by atomic mass is 10.0. The summed E-state index contributed by atoms with van der Waals surface area (Å²) in [5.74, 6) is -0.653. The Labute approximate surface area is 139 Å². The van der Waals surface area contributed by atoms with Crippen molar-refractivity contribution in [3.63, 3.8) is 0 Å². The van der Waals surface area contributed by atoms with Gasteiger partial charge >= 0.3 is 0 Å². The van der Waals surface area contributed by atoms with Gasteiger partial charge in [0, 0.05) is 25.1 Å². The molecule has 24 heavy (non-hydrogen) atoms. The van der Waals surface area contributed by atoms with Crippen molar-refractivity contribution in [3.05, 3.63) is 64.1 Å². The number of nitrogens with zero attached hydrogens (tertiary/aromatic N) is 2. The smallest absolute Gasteiger partial charge is 0.254 e. The number of carbonyl (C=O) groups excluding carboxylic acids is 1. The second kappa shape index (κ2) is 7.38. The summed E-state index contributed by atoms with van der Waals surface area (Å²) < 4.78 is 15.0. The molecule has 1 N–H and O–H groups in total. The average Bonchev–Trinajstić information content (AvgIpc) is 3.11. The Morgan fingerprint density at radius 2 is 2.04 bits per heavy atom. The quantitative estimate of drug-likeness (QED) is 0.916. The Bertz CT molecular complexity index is 782. The van der Waals surface area contributed by atoms with Gasteiger partial charge in [-0.05, 0) is 25.0 Å². The molecular weight excluding hydrogens is 309 g/mol. The molecule has 1 amide bonds.